The van der Waals surface area contributed by atoms with E-state index in [1.807, 2.05) is 30.3 Å². The van der Waals surface area contributed by atoms with Crippen molar-refractivity contribution in [3.05, 3.63) is 64.1 Å². The van der Waals surface area contributed by atoms with Crippen molar-refractivity contribution in [1.82, 2.24) is 10.2 Å². The highest BCUT2D eigenvalue weighted by atomic mass is 35.5. The Morgan fingerprint density at radius 1 is 1.14 bits per heavy atom. The molecule has 6 nitrogen and oxygen atoms in total. The second-order valence-corrected chi connectivity index (χ2v) is 7.33. The Bertz CT molecular complexity index is 905. The first-order valence-corrected chi connectivity index (χ1v) is 9.56. The van der Waals surface area contributed by atoms with E-state index in [1.165, 1.54) is 4.90 Å². The van der Waals surface area contributed by atoms with Gasteiger partial charge >= 0.3 is 6.03 Å². The number of halogens is 2. The van der Waals surface area contributed by atoms with Crippen molar-refractivity contribution < 1.29 is 14.4 Å². The number of carbonyl (C=O) groups is 3. The molecule has 1 aliphatic rings. The number of anilines is 1. The zero-order chi connectivity index (χ0) is 20.3. The number of nitrogens with zero attached hydrogens (tertiary/aromatic N) is 1. The van der Waals surface area contributed by atoms with E-state index in [0.717, 1.165) is 5.56 Å². The molecule has 1 saturated heterocycles. The van der Waals surface area contributed by atoms with Gasteiger partial charge in [-0.25, -0.2) is 4.79 Å². The quantitative estimate of drug-likeness (QED) is 0.681. The second-order valence-electron chi connectivity index (χ2n) is 6.51. The molecule has 28 heavy (non-hydrogen) atoms. The van der Waals surface area contributed by atoms with Crippen molar-refractivity contribution >= 4 is 46.7 Å². The minimum absolute atomic E-state index is 0.0739. The normalized spacial score (nSPS) is 17.4. The fraction of sp³-hybridized carbons (Fsp3) is 0.250. The summed E-state index contributed by atoms with van der Waals surface area (Å²) in [6, 6.07) is 12.5. The molecule has 2 aromatic rings. The third-order valence-electron chi connectivity index (χ3n) is 4.58. The SMILES string of the molecule is C[C@@H](c1ccccc1)N1C(=O)N[C@@H](CCC(=O)Nc2ccc(Cl)c(Cl)c2)C1=O. The van der Waals surface area contributed by atoms with E-state index in [0.29, 0.717) is 15.7 Å². The molecule has 4 amide bonds. The maximum atomic E-state index is 12.7. The lowest BCUT2D eigenvalue weighted by molar-refractivity contribution is -0.129. The molecule has 0 aliphatic carbocycles. The highest BCUT2D eigenvalue weighted by molar-refractivity contribution is 6.42. The largest absolute Gasteiger partial charge is 0.326 e. The second kappa shape index (κ2) is 8.63. The average molecular weight is 420 g/mol. The Labute approximate surface area is 172 Å². The number of rotatable bonds is 6. The zero-order valence-corrected chi connectivity index (χ0v) is 16.6. The van der Waals surface area contributed by atoms with Crippen LogP contribution in [0.5, 0.6) is 0 Å². The average Bonchev–Trinajstić information content (AvgIpc) is 2.96. The van der Waals surface area contributed by atoms with Crippen LogP contribution in [0.2, 0.25) is 10.0 Å². The minimum Gasteiger partial charge on any atom is -0.326 e. The molecule has 2 aromatic carbocycles. The number of hydrogen-bond donors (Lipinski definition) is 2. The fourth-order valence-corrected chi connectivity index (χ4v) is 3.36. The van der Waals surface area contributed by atoms with Gasteiger partial charge < -0.3 is 10.6 Å². The van der Waals surface area contributed by atoms with Gasteiger partial charge in [0.25, 0.3) is 5.91 Å². The van der Waals surface area contributed by atoms with E-state index in [1.54, 1.807) is 25.1 Å². The van der Waals surface area contributed by atoms with Crippen LogP contribution in [0.15, 0.2) is 48.5 Å². The number of benzene rings is 2. The summed E-state index contributed by atoms with van der Waals surface area (Å²) in [5.41, 5.74) is 1.38. The molecule has 146 valence electrons. The predicted molar refractivity (Wildman–Crippen MR) is 108 cm³/mol. The van der Waals surface area contributed by atoms with Crippen molar-refractivity contribution in [3.63, 3.8) is 0 Å². The molecule has 1 heterocycles. The standard InChI is InChI=1S/C20H19Cl2N3O3/c1-12(13-5-3-2-4-6-13)25-19(27)17(24-20(25)28)9-10-18(26)23-14-7-8-15(21)16(22)11-14/h2-8,11-12,17H,9-10H2,1H3,(H,23,26)(H,24,28)/t12-,17-/m0/s1. The smallest absolute Gasteiger partial charge is 0.325 e. The summed E-state index contributed by atoms with van der Waals surface area (Å²) in [7, 11) is 0. The lowest BCUT2D eigenvalue weighted by Crippen LogP contribution is -2.34. The van der Waals surface area contributed by atoms with E-state index < -0.39 is 12.1 Å². The third-order valence-corrected chi connectivity index (χ3v) is 5.32. The van der Waals surface area contributed by atoms with Gasteiger partial charge in [0, 0.05) is 12.1 Å². The van der Waals surface area contributed by atoms with Crippen LogP contribution >= 0.6 is 23.2 Å². The van der Waals surface area contributed by atoms with E-state index in [-0.39, 0.29) is 30.7 Å². The van der Waals surface area contributed by atoms with Gasteiger partial charge in [-0.1, -0.05) is 53.5 Å². The summed E-state index contributed by atoms with van der Waals surface area (Å²) in [6.07, 6.45) is 0.278. The van der Waals surface area contributed by atoms with Gasteiger partial charge in [0.2, 0.25) is 5.91 Å². The van der Waals surface area contributed by atoms with Crippen LogP contribution in [-0.4, -0.2) is 28.8 Å². The van der Waals surface area contributed by atoms with Crippen molar-refractivity contribution in [2.24, 2.45) is 0 Å². The van der Waals surface area contributed by atoms with Crippen molar-refractivity contribution in [2.75, 3.05) is 5.32 Å². The molecule has 0 bridgehead atoms. The van der Waals surface area contributed by atoms with Crippen LogP contribution < -0.4 is 10.6 Å². The third kappa shape index (κ3) is 4.46. The predicted octanol–water partition coefficient (Wildman–Crippen LogP) is 4.39. The van der Waals surface area contributed by atoms with Gasteiger partial charge in [-0.15, -0.1) is 0 Å². The first-order valence-electron chi connectivity index (χ1n) is 8.80. The first kappa shape index (κ1) is 20.2. The van der Waals surface area contributed by atoms with Crippen molar-refractivity contribution in [2.45, 2.75) is 31.8 Å². The molecule has 0 unspecified atom stereocenters. The van der Waals surface area contributed by atoms with E-state index in [2.05, 4.69) is 10.6 Å². The number of hydrogen-bond acceptors (Lipinski definition) is 3. The monoisotopic (exact) mass is 419 g/mol. The summed E-state index contributed by atoms with van der Waals surface area (Å²) in [5.74, 6) is -0.612. The molecule has 2 atom stereocenters. The van der Waals surface area contributed by atoms with Crippen LogP contribution in [0, 0.1) is 0 Å². The summed E-state index contributed by atoms with van der Waals surface area (Å²) in [6.45, 7) is 1.80. The Balaban J connectivity index is 1.58. The molecule has 1 fully saturated rings. The highest BCUT2D eigenvalue weighted by Gasteiger charge is 2.40. The first-order chi connectivity index (χ1) is 13.4. The van der Waals surface area contributed by atoms with E-state index >= 15 is 0 Å². The minimum atomic E-state index is -0.724. The number of amides is 4. The Morgan fingerprint density at radius 2 is 1.86 bits per heavy atom. The molecule has 1 aliphatic heterocycles. The molecule has 0 spiro atoms. The van der Waals surface area contributed by atoms with Crippen LogP contribution in [0.4, 0.5) is 10.5 Å². The van der Waals surface area contributed by atoms with Gasteiger partial charge in [-0.2, -0.15) is 0 Å². The van der Waals surface area contributed by atoms with Crippen molar-refractivity contribution in [3.8, 4) is 0 Å². The zero-order valence-electron chi connectivity index (χ0n) is 15.1. The summed E-state index contributed by atoms with van der Waals surface area (Å²) >= 11 is 11.8. The van der Waals surface area contributed by atoms with Crippen LogP contribution in [0.25, 0.3) is 0 Å². The summed E-state index contributed by atoms with van der Waals surface area (Å²) in [4.78, 5) is 38.3. The summed E-state index contributed by atoms with van der Waals surface area (Å²) in [5, 5.41) is 6.09. The van der Waals surface area contributed by atoms with E-state index in [4.69, 9.17) is 23.2 Å². The van der Waals surface area contributed by atoms with Crippen molar-refractivity contribution in [1.29, 1.82) is 0 Å². The fourth-order valence-electron chi connectivity index (χ4n) is 3.06. The Hall–Kier alpha value is -2.57. The van der Waals surface area contributed by atoms with Crippen LogP contribution in [-0.2, 0) is 9.59 Å². The van der Waals surface area contributed by atoms with Gasteiger partial charge in [-0.3, -0.25) is 14.5 Å². The maximum absolute atomic E-state index is 12.7. The number of nitrogens with one attached hydrogen (secondary N) is 2. The highest BCUT2D eigenvalue weighted by Crippen LogP contribution is 2.26. The number of urea groups is 1. The Kier molecular flexibility index (Phi) is 6.21. The number of carbonyl (C=O) groups excluding carboxylic acids is 3. The lowest BCUT2D eigenvalue weighted by atomic mass is 10.1. The Morgan fingerprint density at radius 3 is 2.54 bits per heavy atom. The van der Waals surface area contributed by atoms with E-state index in [9.17, 15) is 14.4 Å². The molecular formula is C20H19Cl2N3O3. The molecule has 8 heteroatoms. The van der Waals surface area contributed by atoms with Gasteiger partial charge in [-0.05, 0) is 37.1 Å². The summed E-state index contributed by atoms with van der Waals surface area (Å²) < 4.78 is 0. The van der Waals surface area contributed by atoms with Crippen LogP contribution in [0.3, 0.4) is 0 Å². The molecule has 3 rings (SSSR count). The van der Waals surface area contributed by atoms with Gasteiger partial charge in [0.15, 0.2) is 0 Å². The topological polar surface area (TPSA) is 78.5 Å². The van der Waals surface area contributed by atoms with Crippen LogP contribution in [0.1, 0.15) is 31.4 Å². The van der Waals surface area contributed by atoms with Gasteiger partial charge in [0.05, 0.1) is 16.1 Å². The van der Waals surface area contributed by atoms with Gasteiger partial charge in [0.1, 0.15) is 6.04 Å². The molecule has 0 saturated carbocycles. The molecule has 2 N–H and O–H groups in total. The molecular weight excluding hydrogens is 401 g/mol. The molecule has 0 radical (unpaired) electrons. The molecule has 0 aromatic heterocycles. The maximum Gasteiger partial charge on any atom is 0.325 e. The number of imide groups is 1. The lowest BCUT2D eigenvalue weighted by Gasteiger charge is -2.21.